The van der Waals surface area contributed by atoms with Crippen LogP contribution in [0.5, 0.6) is 5.75 Å². The van der Waals surface area contributed by atoms with Crippen molar-refractivity contribution in [1.82, 2.24) is 10.6 Å². The first kappa shape index (κ1) is 21.8. The van der Waals surface area contributed by atoms with Gasteiger partial charge >= 0.3 is 0 Å². The fraction of sp³-hybridized carbons (Fsp3) is 0.364. The summed E-state index contributed by atoms with van der Waals surface area (Å²) >= 11 is 6.44. The average Bonchev–Trinajstić information content (AvgIpc) is 3.07. The van der Waals surface area contributed by atoms with Crippen LogP contribution in [0.25, 0.3) is 5.57 Å². The molecule has 0 radical (unpaired) electrons. The minimum Gasteiger partial charge on any atom is -0.489 e. The number of halogens is 1. The van der Waals surface area contributed by atoms with Crippen molar-refractivity contribution < 1.29 is 14.3 Å². The van der Waals surface area contributed by atoms with Crippen molar-refractivity contribution in [2.75, 3.05) is 7.05 Å². The highest BCUT2D eigenvalue weighted by molar-refractivity contribution is 6.32. The van der Waals surface area contributed by atoms with E-state index in [2.05, 4.69) is 10.6 Å². The van der Waals surface area contributed by atoms with E-state index in [0.717, 1.165) is 29.5 Å². The van der Waals surface area contributed by atoms with Crippen molar-refractivity contribution in [1.29, 1.82) is 0 Å². The Balaban J connectivity index is 2.48. The van der Waals surface area contributed by atoms with Crippen LogP contribution in [0.3, 0.4) is 0 Å². The van der Waals surface area contributed by atoms with Crippen LogP contribution in [0.4, 0.5) is 0 Å². The fourth-order valence-electron chi connectivity index (χ4n) is 2.89. The lowest BCUT2D eigenvalue weighted by molar-refractivity contribution is -0.119. The summed E-state index contributed by atoms with van der Waals surface area (Å²) in [6.45, 7) is 5.63. The molecule has 0 bridgehead atoms. The second-order valence-corrected chi connectivity index (χ2v) is 7.37. The number of amides is 1. The van der Waals surface area contributed by atoms with Gasteiger partial charge in [-0.1, -0.05) is 29.8 Å². The molecule has 28 heavy (non-hydrogen) atoms. The molecule has 1 aromatic carbocycles. The molecule has 150 valence electrons. The molecular formula is C22H27ClN2O3. The smallest absolute Gasteiger partial charge is 0.220 e. The number of nitrogens with one attached hydrogen (secondary N) is 2. The van der Waals surface area contributed by atoms with Gasteiger partial charge in [0.25, 0.3) is 0 Å². The van der Waals surface area contributed by atoms with Gasteiger partial charge in [-0.2, -0.15) is 0 Å². The summed E-state index contributed by atoms with van der Waals surface area (Å²) < 4.78 is 5.72. The number of carbonyl (C=O) groups is 2. The second-order valence-electron chi connectivity index (χ2n) is 6.96. The van der Waals surface area contributed by atoms with Gasteiger partial charge in [0, 0.05) is 30.8 Å². The standard InChI is InChI=1S/C22H27ClN2O3/c1-14(2)28-21-9-6-16(11-19(21)23)18(12-17-7-10-22(27)25-17)20(24-4)8-5-15(3)13-26/h5-6,8-9,11-14,17,24H,7,10H2,1-4H3,(H,25,27)/b15-5-,18-12+,20-8-/t17-/m1/s1. The molecule has 2 rings (SSSR count). The Labute approximate surface area is 171 Å². The normalized spacial score (nSPS) is 18.3. The molecule has 1 aliphatic heterocycles. The summed E-state index contributed by atoms with van der Waals surface area (Å²) in [7, 11) is 1.81. The van der Waals surface area contributed by atoms with E-state index < -0.39 is 0 Å². The predicted molar refractivity (Wildman–Crippen MR) is 113 cm³/mol. The number of likely N-dealkylation sites (N-methyl/N-ethyl adjacent to an activating group) is 1. The molecule has 0 aromatic heterocycles. The van der Waals surface area contributed by atoms with Crippen LogP contribution < -0.4 is 15.4 Å². The highest BCUT2D eigenvalue weighted by Gasteiger charge is 2.21. The molecule has 2 N–H and O–H groups in total. The maximum Gasteiger partial charge on any atom is 0.220 e. The quantitative estimate of drug-likeness (QED) is 0.391. The Morgan fingerprint density at radius 3 is 2.64 bits per heavy atom. The summed E-state index contributed by atoms with van der Waals surface area (Å²) in [4.78, 5) is 22.5. The molecule has 6 heteroatoms. The number of benzene rings is 1. The largest absolute Gasteiger partial charge is 0.489 e. The molecule has 1 fully saturated rings. The summed E-state index contributed by atoms with van der Waals surface area (Å²) in [6.07, 6.45) is 7.70. The second kappa shape index (κ2) is 10.1. The van der Waals surface area contributed by atoms with Gasteiger partial charge in [-0.3, -0.25) is 9.59 Å². The van der Waals surface area contributed by atoms with E-state index in [0.29, 0.717) is 22.8 Å². The van der Waals surface area contributed by atoms with Crippen LogP contribution >= 0.6 is 11.6 Å². The zero-order valence-electron chi connectivity index (χ0n) is 16.7. The first-order valence-corrected chi connectivity index (χ1v) is 9.71. The van der Waals surface area contributed by atoms with Crippen molar-refractivity contribution in [3.8, 4) is 5.75 Å². The summed E-state index contributed by atoms with van der Waals surface area (Å²) in [5.41, 5.74) is 3.21. The van der Waals surface area contributed by atoms with Crippen LogP contribution in [0.15, 0.2) is 47.7 Å². The van der Waals surface area contributed by atoms with E-state index in [9.17, 15) is 9.59 Å². The topological polar surface area (TPSA) is 67.4 Å². The Bertz CT molecular complexity index is 825. The van der Waals surface area contributed by atoms with E-state index in [1.165, 1.54) is 0 Å². The third kappa shape index (κ3) is 5.99. The van der Waals surface area contributed by atoms with Crippen molar-refractivity contribution in [2.45, 2.75) is 45.8 Å². The van der Waals surface area contributed by atoms with Crippen LogP contribution in [0.1, 0.15) is 39.2 Å². The predicted octanol–water partition coefficient (Wildman–Crippen LogP) is 4.04. The highest BCUT2D eigenvalue weighted by atomic mass is 35.5. The third-order valence-corrected chi connectivity index (χ3v) is 4.56. The van der Waals surface area contributed by atoms with E-state index in [1.807, 2.05) is 51.2 Å². The van der Waals surface area contributed by atoms with E-state index in [-0.39, 0.29) is 18.1 Å². The molecule has 0 unspecified atom stereocenters. The number of hydrogen-bond donors (Lipinski definition) is 2. The molecular weight excluding hydrogens is 376 g/mol. The van der Waals surface area contributed by atoms with Gasteiger partial charge in [0.1, 0.15) is 12.0 Å². The Hall–Kier alpha value is -2.53. The number of aldehydes is 1. The molecule has 1 aromatic rings. The number of rotatable bonds is 8. The fourth-order valence-corrected chi connectivity index (χ4v) is 3.11. The van der Waals surface area contributed by atoms with Crippen LogP contribution in [0, 0.1) is 0 Å². The molecule has 0 spiro atoms. The zero-order valence-corrected chi connectivity index (χ0v) is 17.5. The Kier molecular flexibility index (Phi) is 7.88. The van der Waals surface area contributed by atoms with Gasteiger partial charge in [-0.25, -0.2) is 0 Å². The van der Waals surface area contributed by atoms with Gasteiger partial charge in [-0.05, 0) is 56.5 Å². The van der Waals surface area contributed by atoms with Crippen molar-refractivity contribution in [2.24, 2.45) is 0 Å². The lowest BCUT2D eigenvalue weighted by Gasteiger charge is -2.17. The van der Waals surface area contributed by atoms with Gasteiger partial charge in [-0.15, -0.1) is 0 Å². The van der Waals surface area contributed by atoms with Gasteiger partial charge in [0.2, 0.25) is 5.91 Å². The van der Waals surface area contributed by atoms with Crippen molar-refractivity contribution in [3.05, 3.63) is 58.3 Å². The number of hydrogen-bond acceptors (Lipinski definition) is 4. The number of allylic oxidation sites excluding steroid dienone is 4. The molecule has 0 aliphatic carbocycles. The van der Waals surface area contributed by atoms with Crippen molar-refractivity contribution in [3.63, 3.8) is 0 Å². The minimum absolute atomic E-state index is 0.0243. The van der Waals surface area contributed by atoms with Gasteiger partial charge in [0.15, 0.2) is 0 Å². The molecule has 0 saturated carbocycles. The first-order chi connectivity index (χ1) is 13.3. The molecule has 5 nitrogen and oxygen atoms in total. The molecule has 1 amide bonds. The average molecular weight is 403 g/mol. The number of carbonyl (C=O) groups excluding carboxylic acids is 2. The maximum atomic E-state index is 11.6. The van der Waals surface area contributed by atoms with E-state index in [4.69, 9.17) is 16.3 Å². The molecule has 1 saturated heterocycles. The summed E-state index contributed by atoms with van der Waals surface area (Å²) in [5, 5.41) is 6.65. The van der Waals surface area contributed by atoms with Gasteiger partial charge < -0.3 is 15.4 Å². The van der Waals surface area contributed by atoms with Crippen LogP contribution in [-0.2, 0) is 9.59 Å². The molecule has 1 aliphatic rings. The molecule has 1 heterocycles. The monoisotopic (exact) mass is 402 g/mol. The third-order valence-electron chi connectivity index (χ3n) is 4.26. The SMILES string of the molecule is CNC(=C\C=C(\C)C=O)/C(=C/[C@H]1CCC(=O)N1)c1ccc(OC(C)C)c(Cl)c1. The van der Waals surface area contributed by atoms with Gasteiger partial charge in [0.05, 0.1) is 11.1 Å². The highest BCUT2D eigenvalue weighted by Crippen LogP contribution is 2.32. The number of ether oxygens (including phenoxy) is 1. The van der Waals surface area contributed by atoms with E-state index in [1.54, 1.807) is 13.0 Å². The van der Waals surface area contributed by atoms with Crippen molar-refractivity contribution >= 4 is 29.4 Å². The van der Waals surface area contributed by atoms with Crippen LogP contribution in [0.2, 0.25) is 5.02 Å². The Morgan fingerprint density at radius 1 is 1.36 bits per heavy atom. The Morgan fingerprint density at radius 2 is 2.11 bits per heavy atom. The minimum atomic E-state index is -0.0548. The van der Waals surface area contributed by atoms with Crippen LogP contribution in [-0.4, -0.2) is 31.4 Å². The summed E-state index contributed by atoms with van der Waals surface area (Å²) in [5.74, 6) is 0.673. The maximum absolute atomic E-state index is 11.6. The molecule has 1 atom stereocenters. The lowest BCUT2D eigenvalue weighted by Crippen LogP contribution is -2.24. The first-order valence-electron chi connectivity index (χ1n) is 9.33. The lowest BCUT2D eigenvalue weighted by atomic mass is 9.98. The summed E-state index contributed by atoms with van der Waals surface area (Å²) in [6, 6.07) is 5.58. The van der Waals surface area contributed by atoms with E-state index >= 15 is 0 Å². The zero-order chi connectivity index (χ0) is 20.7.